The smallest absolute Gasteiger partial charge is 0.306 e. The third-order valence-electron chi connectivity index (χ3n) is 3.30. The van der Waals surface area contributed by atoms with Crippen LogP contribution in [0.1, 0.15) is 37.7 Å². The first-order valence-electron chi connectivity index (χ1n) is 6.02. The van der Waals surface area contributed by atoms with Gasteiger partial charge in [-0.25, -0.2) is 4.79 Å². The predicted molar refractivity (Wildman–Crippen MR) is 64.8 cm³/mol. The minimum absolute atomic E-state index is 0.0183. The summed E-state index contributed by atoms with van der Waals surface area (Å²) in [4.78, 5) is 14.6. The number of aromatic nitrogens is 2. The van der Waals surface area contributed by atoms with Gasteiger partial charge in [0, 0.05) is 6.54 Å². The number of hydrogen-bond donors (Lipinski definition) is 1. The normalized spacial score (nSPS) is 15.8. The highest BCUT2D eigenvalue weighted by atomic mass is 16.1. The maximum Gasteiger partial charge on any atom is 0.326 e. The third-order valence-corrected chi connectivity index (χ3v) is 3.30. The Bertz CT molecular complexity index is 575. The predicted octanol–water partition coefficient (Wildman–Crippen LogP) is 2.62. The molecule has 1 aromatic carbocycles. The van der Waals surface area contributed by atoms with Crippen molar-refractivity contribution in [1.29, 1.82) is 0 Å². The highest BCUT2D eigenvalue weighted by molar-refractivity contribution is 5.76. The van der Waals surface area contributed by atoms with Gasteiger partial charge in [0.2, 0.25) is 0 Å². The molecule has 1 aliphatic rings. The fraction of sp³-hybridized carbons (Fsp3) is 0.462. The molecule has 0 radical (unpaired) electrons. The second-order valence-electron chi connectivity index (χ2n) is 4.63. The summed E-state index contributed by atoms with van der Waals surface area (Å²) in [6, 6.07) is 6.36. The van der Waals surface area contributed by atoms with Gasteiger partial charge in [0.25, 0.3) is 0 Å². The van der Waals surface area contributed by atoms with Gasteiger partial charge in [-0.2, -0.15) is 0 Å². The fourth-order valence-corrected chi connectivity index (χ4v) is 2.29. The van der Waals surface area contributed by atoms with Crippen LogP contribution in [0.3, 0.4) is 0 Å². The number of benzene rings is 1. The number of nitrogens with one attached hydrogen (secondary N) is 1. The molecular weight excluding hydrogens is 200 g/mol. The van der Waals surface area contributed by atoms with Gasteiger partial charge in [0.15, 0.2) is 0 Å². The minimum atomic E-state index is 0.0183. The average molecular weight is 216 g/mol. The molecule has 1 aromatic heterocycles. The molecular formula is C13H16N2O. The summed E-state index contributed by atoms with van der Waals surface area (Å²) >= 11 is 0. The summed E-state index contributed by atoms with van der Waals surface area (Å²) in [6.07, 6.45) is 3.59. The summed E-state index contributed by atoms with van der Waals surface area (Å²) in [5, 5.41) is 0. The van der Waals surface area contributed by atoms with Gasteiger partial charge in [-0.15, -0.1) is 0 Å². The molecule has 1 heterocycles. The lowest BCUT2D eigenvalue weighted by Crippen LogP contribution is -2.16. The Morgan fingerprint density at radius 2 is 2.25 bits per heavy atom. The Hall–Kier alpha value is -1.51. The molecule has 0 bridgehead atoms. The Labute approximate surface area is 94.1 Å². The lowest BCUT2D eigenvalue weighted by Gasteiger charge is -2.02. The number of aromatic amines is 1. The summed E-state index contributed by atoms with van der Waals surface area (Å²) in [5.41, 5.74) is 3.43. The van der Waals surface area contributed by atoms with Crippen molar-refractivity contribution in [2.75, 3.05) is 0 Å². The van der Waals surface area contributed by atoms with Crippen molar-refractivity contribution >= 4 is 11.0 Å². The molecule has 1 saturated carbocycles. The molecule has 0 aliphatic heterocycles. The van der Waals surface area contributed by atoms with Crippen LogP contribution in [-0.4, -0.2) is 9.55 Å². The van der Waals surface area contributed by atoms with E-state index < -0.39 is 0 Å². The molecule has 1 N–H and O–H groups in total. The number of aryl methyl sites for hydroxylation is 1. The van der Waals surface area contributed by atoms with Gasteiger partial charge < -0.3 is 4.98 Å². The molecule has 3 rings (SSSR count). The molecule has 16 heavy (non-hydrogen) atoms. The van der Waals surface area contributed by atoms with E-state index in [-0.39, 0.29) is 5.69 Å². The van der Waals surface area contributed by atoms with Crippen molar-refractivity contribution in [2.24, 2.45) is 0 Å². The van der Waals surface area contributed by atoms with Crippen molar-refractivity contribution < 1.29 is 0 Å². The molecule has 1 fully saturated rings. The number of H-pyrrole nitrogens is 1. The van der Waals surface area contributed by atoms with E-state index >= 15 is 0 Å². The van der Waals surface area contributed by atoms with Crippen LogP contribution >= 0.6 is 0 Å². The molecule has 0 atom stereocenters. The Kier molecular flexibility index (Phi) is 2.13. The lowest BCUT2D eigenvalue weighted by atomic mass is 10.1. The van der Waals surface area contributed by atoms with Gasteiger partial charge in [-0.1, -0.05) is 13.0 Å². The quantitative estimate of drug-likeness (QED) is 0.841. The van der Waals surface area contributed by atoms with E-state index in [1.165, 1.54) is 18.4 Å². The van der Waals surface area contributed by atoms with E-state index in [4.69, 9.17) is 0 Å². The molecule has 0 saturated heterocycles. The van der Waals surface area contributed by atoms with Gasteiger partial charge in [-0.05, 0) is 42.9 Å². The zero-order chi connectivity index (χ0) is 11.1. The Balaban J connectivity index is 2.18. The molecule has 3 heteroatoms. The van der Waals surface area contributed by atoms with Gasteiger partial charge in [-0.3, -0.25) is 4.57 Å². The van der Waals surface area contributed by atoms with Crippen LogP contribution in [0, 0.1) is 0 Å². The SMILES string of the molecule is CCCn1c(=O)[nH]c2ccc(C3CC3)cc21. The van der Waals surface area contributed by atoms with E-state index in [1.807, 2.05) is 10.6 Å². The number of nitrogens with zero attached hydrogens (tertiary/aromatic N) is 1. The molecule has 1 aliphatic carbocycles. The highest BCUT2D eigenvalue weighted by Gasteiger charge is 2.24. The van der Waals surface area contributed by atoms with E-state index in [0.29, 0.717) is 0 Å². The minimum Gasteiger partial charge on any atom is -0.306 e. The summed E-state index contributed by atoms with van der Waals surface area (Å²) in [7, 11) is 0. The number of imidazole rings is 1. The molecule has 0 unspecified atom stereocenters. The van der Waals surface area contributed by atoms with E-state index in [1.54, 1.807) is 0 Å². The highest BCUT2D eigenvalue weighted by Crippen LogP contribution is 2.40. The molecule has 0 spiro atoms. The molecule has 3 nitrogen and oxygen atoms in total. The Morgan fingerprint density at radius 1 is 1.44 bits per heavy atom. The topological polar surface area (TPSA) is 37.8 Å². The van der Waals surface area contributed by atoms with E-state index in [9.17, 15) is 4.79 Å². The van der Waals surface area contributed by atoms with Crippen LogP contribution in [0.2, 0.25) is 0 Å². The molecule has 0 amide bonds. The van der Waals surface area contributed by atoms with Crippen molar-refractivity contribution in [2.45, 2.75) is 38.6 Å². The van der Waals surface area contributed by atoms with Crippen molar-refractivity contribution in [3.63, 3.8) is 0 Å². The maximum absolute atomic E-state index is 11.7. The zero-order valence-electron chi connectivity index (χ0n) is 9.49. The first-order valence-corrected chi connectivity index (χ1v) is 6.02. The number of fused-ring (bicyclic) bond motifs is 1. The van der Waals surface area contributed by atoms with Gasteiger partial charge in [0.05, 0.1) is 11.0 Å². The van der Waals surface area contributed by atoms with Gasteiger partial charge >= 0.3 is 5.69 Å². The third kappa shape index (κ3) is 1.47. The first kappa shape index (κ1) is 9.70. The number of rotatable bonds is 3. The van der Waals surface area contributed by atoms with Crippen LogP contribution in [0.5, 0.6) is 0 Å². The van der Waals surface area contributed by atoms with Crippen LogP contribution in [0.15, 0.2) is 23.0 Å². The zero-order valence-corrected chi connectivity index (χ0v) is 9.49. The van der Waals surface area contributed by atoms with Crippen molar-refractivity contribution in [3.05, 3.63) is 34.2 Å². The molecule has 84 valence electrons. The second kappa shape index (κ2) is 3.51. The maximum atomic E-state index is 11.7. The van der Waals surface area contributed by atoms with Crippen LogP contribution in [-0.2, 0) is 6.54 Å². The monoisotopic (exact) mass is 216 g/mol. The number of hydrogen-bond acceptors (Lipinski definition) is 1. The average Bonchev–Trinajstić information content (AvgIpc) is 3.07. The summed E-state index contributed by atoms with van der Waals surface area (Å²) in [5.74, 6) is 0.740. The van der Waals surface area contributed by atoms with Crippen LogP contribution in [0.4, 0.5) is 0 Å². The van der Waals surface area contributed by atoms with E-state index in [0.717, 1.165) is 29.9 Å². The Morgan fingerprint density at radius 3 is 2.94 bits per heavy atom. The van der Waals surface area contributed by atoms with Crippen LogP contribution < -0.4 is 5.69 Å². The van der Waals surface area contributed by atoms with Gasteiger partial charge in [0.1, 0.15) is 0 Å². The van der Waals surface area contributed by atoms with Crippen molar-refractivity contribution in [3.8, 4) is 0 Å². The largest absolute Gasteiger partial charge is 0.326 e. The fourth-order valence-electron chi connectivity index (χ4n) is 2.29. The van der Waals surface area contributed by atoms with E-state index in [2.05, 4.69) is 24.0 Å². The first-order chi connectivity index (χ1) is 7.79. The van der Waals surface area contributed by atoms with Crippen LogP contribution in [0.25, 0.3) is 11.0 Å². The van der Waals surface area contributed by atoms with Crippen molar-refractivity contribution in [1.82, 2.24) is 9.55 Å². The summed E-state index contributed by atoms with van der Waals surface area (Å²) < 4.78 is 1.85. The second-order valence-corrected chi connectivity index (χ2v) is 4.63. The standard InChI is InChI=1S/C13H16N2O/c1-2-7-15-12-8-10(9-3-4-9)5-6-11(12)14-13(15)16/h5-6,8-9H,2-4,7H2,1H3,(H,14,16). The molecule has 2 aromatic rings. The summed E-state index contributed by atoms with van der Waals surface area (Å²) in [6.45, 7) is 2.89. The lowest BCUT2D eigenvalue weighted by molar-refractivity contribution is 0.674.